The lowest BCUT2D eigenvalue weighted by atomic mass is 9.89. The minimum absolute atomic E-state index is 0.251. The van der Waals surface area contributed by atoms with Gasteiger partial charge in [0.05, 0.1) is 11.2 Å². The lowest BCUT2D eigenvalue weighted by Crippen LogP contribution is -2.62. The lowest BCUT2D eigenvalue weighted by molar-refractivity contribution is -0.282. The van der Waals surface area contributed by atoms with Crippen molar-refractivity contribution >= 4 is 23.7 Å². The van der Waals surface area contributed by atoms with Crippen molar-refractivity contribution in [2.45, 2.75) is 50.5 Å². The highest BCUT2D eigenvalue weighted by Crippen LogP contribution is 2.39. The molecule has 0 saturated carbocycles. The number of methoxy groups -OCH3 is 1. The Morgan fingerprint density at radius 3 is 2.44 bits per heavy atom. The highest BCUT2D eigenvalue weighted by atomic mass is 35.5. The van der Waals surface area contributed by atoms with E-state index in [-0.39, 0.29) is 5.91 Å². The predicted molar refractivity (Wildman–Crippen MR) is 145 cm³/mol. The van der Waals surface area contributed by atoms with Gasteiger partial charge in [-0.15, -0.1) is 0 Å². The smallest absolute Gasteiger partial charge is 0.461 e. The molecule has 0 radical (unpaired) electrons. The molecule has 2 saturated heterocycles. The van der Waals surface area contributed by atoms with Crippen LogP contribution in [0.5, 0.6) is 5.75 Å². The van der Waals surface area contributed by atoms with Crippen LogP contribution in [-0.2, 0) is 25.4 Å². The average Bonchev–Trinajstić information content (AvgIpc) is 3.30. The summed E-state index contributed by atoms with van der Waals surface area (Å²) in [6.07, 6.45) is -3.18. The van der Waals surface area contributed by atoms with Gasteiger partial charge in [-0.25, -0.2) is 4.79 Å². The molecule has 1 amide bonds. The molecule has 3 aromatic carbocycles. The van der Waals surface area contributed by atoms with Crippen molar-refractivity contribution in [1.29, 1.82) is 0 Å². The first kappa shape index (κ1) is 27.0. The van der Waals surface area contributed by atoms with Crippen molar-refractivity contribution in [2.75, 3.05) is 13.7 Å². The van der Waals surface area contributed by atoms with Gasteiger partial charge in [0.15, 0.2) is 6.10 Å². The molecule has 204 valence electrons. The summed E-state index contributed by atoms with van der Waals surface area (Å²) in [4.78, 5) is 25.4. The van der Waals surface area contributed by atoms with E-state index >= 15 is 0 Å². The van der Waals surface area contributed by atoms with Crippen LogP contribution >= 0.6 is 11.6 Å². The molecule has 3 aromatic rings. The zero-order valence-electron chi connectivity index (χ0n) is 21.9. The molecule has 2 aliphatic rings. The van der Waals surface area contributed by atoms with Gasteiger partial charge in [0.2, 0.25) is 12.4 Å². The van der Waals surface area contributed by atoms with Crippen LogP contribution in [0.3, 0.4) is 0 Å². The van der Waals surface area contributed by atoms with Gasteiger partial charge >= 0.3 is 6.16 Å². The average molecular weight is 552 g/mol. The van der Waals surface area contributed by atoms with Gasteiger partial charge in [-0.3, -0.25) is 4.79 Å². The summed E-state index contributed by atoms with van der Waals surface area (Å²) in [6.45, 7) is 4.12. The van der Waals surface area contributed by atoms with Crippen molar-refractivity contribution in [1.82, 2.24) is 5.32 Å². The topological polar surface area (TPSA) is 92.3 Å². The molecule has 39 heavy (non-hydrogen) atoms. The number of nitrogens with one attached hydrogen (secondary N) is 1. The van der Waals surface area contributed by atoms with Crippen molar-refractivity contribution < 1.29 is 33.3 Å². The second-order valence-electron chi connectivity index (χ2n) is 9.98. The zero-order chi connectivity index (χ0) is 27.6. The van der Waals surface area contributed by atoms with Crippen LogP contribution in [-0.4, -0.2) is 55.9 Å². The van der Waals surface area contributed by atoms with Crippen molar-refractivity contribution in [3.63, 3.8) is 0 Å². The number of amides is 1. The molecule has 0 unspecified atom stereocenters. The molecule has 8 nitrogen and oxygen atoms in total. The lowest BCUT2D eigenvalue weighted by Gasteiger charge is -2.45. The van der Waals surface area contributed by atoms with Crippen LogP contribution in [0, 0.1) is 0 Å². The number of ether oxygens (including phenoxy) is 5. The van der Waals surface area contributed by atoms with E-state index in [9.17, 15) is 9.59 Å². The van der Waals surface area contributed by atoms with Crippen molar-refractivity contribution in [3.05, 3.63) is 88.9 Å². The van der Waals surface area contributed by atoms with Gasteiger partial charge in [-0.2, -0.15) is 0 Å². The Labute approximate surface area is 232 Å². The number of fused-ring (bicyclic) bond motifs is 1. The van der Waals surface area contributed by atoms with Gasteiger partial charge in [-0.1, -0.05) is 54.1 Å². The molecule has 4 atom stereocenters. The van der Waals surface area contributed by atoms with Crippen LogP contribution in [0.15, 0.2) is 72.8 Å². The van der Waals surface area contributed by atoms with E-state index in [1.165, 1.54) is 7.11 Å². The Bertz CT molecular complexity index is 1330. The second kappa shape index (κ2) is 11.3. The van der Waals surface area contributed by atoms with E-state index < -0.39 is 36.4 Å². The van der Waals surface area contributed by atoms with Crippen LogP contribution in [0.4, 0.5) is 4.79 Å². The Morgan fingerprint density at radius 2 is 1.72 bits per heavy atom. The summed E-state index contributed by atoms with van der Waals surface area (Å²) in [5.41, 5.74) is 2.26. The number of halogens is 1. The van der Waals surface area contributed by atoms with E-state index in [4.69, 9.17) is 35.3 Å². The molecular formula is C30H30ClNO7. The standard InChI is InChI=1S/C30H30ClNO7/c1-30(2)26(35-3)24-25(38-29(34)37-24)28(39-30)36-21-13-14-22(19-9-11-20(31)12-10-19)23(17-21)27(33)32-16-15-18-7-5-4-6-8-18/h4-14,17,24-26,28H,15-16H2,1-3H3,(H,32,33)/t24-,25+,26+,28+/m0/s1. The van der Waals surface area contributed by atoms with Crippen LogP contribution in [0.2, 0.25) is 5.02 Å². The third-order valence-corrected chi connectivity index (χ3v) is 7.15. The summed E-state index contributed by atoms with van der Waals surface area (Å²) in [6, 6.07) is 22.4. The number of benzene rings is 3. The monoisotopic (exact) mass is 551 g/mol. The molecule has 0 spiro atoms. The Kier molecular flexibility index (Phi) is 7.79. The molecule has 2 fully saturated rings. The summed E-state index contributed by atoms with van der Waals surface area (Å²) in [7, 11) is 1.53. The number of hydrogen-bond acceptors (Lipinski definition) is 7. The molecule has 2 aliphatic heterocycles. The molecular weight excluding hydrogens is 522 g/mol. The van der Waals surface area contributed by atoms with Crippen molar-refractivity contribution in [3.8, 4) is 16.9 Å². The van der Waals surface area contributed by atoms with Crippen molar-refractivity contribution in [2.24, 2.45) is 0 Å². The Hall–Kier alpha value is -3.59. The van der Waals surface area contributed by atoms with Gasteiger partial charge in [0.1, 0.15) is 11.9 Å². The van der Waals surface area contributed by atoms with Gasteiger partial charge in [0.25, 0.3) is 5.91 Å². The highest BCUT2D eigenvalue weighted by molar-refractivity contribution is 6.30. The molecule has 5 rings (SSSR count). The van der Waals surface area contributed by atoms with Crippen LogP contribution in [0.25, 0.3) is 11.1 Å². The summed E-state index contributed by atoms with van der Waals surface area (Å²) in [5, 5.41) is 3.61. The van der Waals surface area contributed by atoms with Gasteiger partial charge < -0.3 is 29.0 Å². The van der Waals surface area contributed by atoms with Gasteiger partial charge in [-0.05, 0) is 67.3 Å². The maximum Gasteiger partial charge on any atom is 0.509 e. The van der Waals surface area contributed by atoms with E-state index in [0.29, 0.717) is 34.9 Å². The summed E-state index contributed by atoms with van der Waals surface area (Å²) < 4.78 is 28.7. The fourth-order valence-corrected chi connectivity index (χ4v) is 5.15. The third kappa shape index (κ3) is 5.88. The number of hydrogen-bond donors (Lipinski definition) is 1. The minimum Gasteiger partial charge on any atom is -0.461 e. The maximum absolute atomic E-state index is 13.4. The van der Waals surface area contributed by atoms with E-state index in [1.807, 2.05) is 62.4 Å². The van der Waals surface area contributed by atoms with Gasteiger partial charge in [0, 0.05) is 18.7 Å². The molecule has 2 heterocycles. The SMILES string of the molecule is CO[C@@H]1[C@H]2OC(=O)O[C@H]2[C@H](Oc2ccc(-c3ccc(Cl)cc3)c(C(=O)NCCc3ccccc3)c2)OC1(C)C. The quantitative estimate of drug-likeness (QED) is 0.374. The number of rotatable bonds is 8. The van der Waals surface area contributed by atoms with Crippen LogP contribution in [0.1, 0.15) is 29.8 Å². The Morgan fingerprint density at radius 1 is 1.00 bits per heavy atom. The normalized spacial score (nSPS) is 23.3. The van der Waals surface area contributed by atoms with E-state index in [1.54, 1.807) is 24.3 Å². The fourth-order valence-electron chi connectivity index (χ4n) is 5.03. The maximum atomic E-state index is 13.4. The molecule has 0 aliphatic carbocycles. The van der Waals surface area contributed by atoms with Crippen LogP contribution < -0.4 is 10.1 Å². The molecule has 1 N–H and O–H groups in total. The minimum atomic E-state index is -0.974. The first-order valence-electron chi connectivity index (χ1n) is 12.7. The third-order valence-electron chi connectivity index (χ3n) is 6.90. The first-order chi connectivity index (χ1) is 18.7. The molecule has 9 heteroatoms. The molecule has 0 bridgehead atoms. The second-order valence-corrected chi connectivity index (χ2v) is 10.4. The highest BCUT2D eigenvalue weighted by Gasteiger charge is 2.58. The molecule has 0 aromatic heterocycles. The van der Waals surface area contributed by atoms with E-state index in [2.05, 4.69) is 5.32 Å². The predicted octanol–water partition coefficient (Wildman–Crippen LogP) is 5.41. The largest absolute Gasteiger partial charge is 0.509 e. The van der Waals surface area contributed by atoms with E-state index in [0.717, 1.165) is 11.1 Å². The number of carbonyl (C=O) groups is 2. The summed E-state index contributed by atoms with van der Waals surface area (Å²) in [5.74, 6) is 0.124. The summed E-state index contributed by atoms with van der Waals surface area (Å²) >= 11 is 6.09. The Balaban J connectivity index is 1.41. The first-order valence-corrected chi connectivity index (χ1v) is 13.1. The fraction of sp³-hybridized carbons (Fsp3) is 0.333. The number of carbonyl (C=O) groups excluding carboxylic acids is 2. The zero-order valence-corrected chi connectivity index (χ0v) is 22.6.